The number of sulfonamides is 1. The number of nitrogens with one attached hydrogen (secondary N) is 2. The predicted molar refractivity (Wildman–Crippen MR) is 84.8 cm³/mol. The zero-order valence-corrected chi connectivity index (χ0v) is 13.6. The smallest absolute Gasteiger partial charge is 0.252 e. The molecule has 1 aromatic carbocycles. The summed E-state index contributed by atoms with van der Waals surface area (Å²) in [4.78, 5) is 12.6. The first-order valence-electron chi connectivity index (χ1n) is 7.77. The fourth-order valence-electron chi connectivity index (χ4n) is 2.85. The van der Waals surface area contributed by atoms with E-state index in [1.807, 2.05) is 0 Å². The SMILES string of the molecule is O=C(NC1CCNC1)c1ccccc1S(=O)(=O)N1CCOCC1. The summed E-state index contributed by atoms with van der Waals surface area (Å²) in [7, 11) is -3.69. The van der Waals surface area contributed by atoms with Crippen LogP contribution in [0.3, 0.4) is 0 Å². The minimum atomic E-state index is -3.69. The van der Waals surface area contributed by atoms with E-state index in [0.29, 0.717) is 32.8 Å². The van der Waals surface area contributed by atoms with Crippen molar-refractivity contribution >= 4 is 15.9 Å². The maximum absolute atomic E-state index is 12.8. The fourth-order valence-corrected chi connectivity index (χ4v) is 4.44. The van der Waals surface area contributed by atoms with Crippen molar-refractivity contribution in [1.29, 1.82) is 0 Å². The van der Waals surface area contributed by atoms with E-state index in [-0.39, 0.29) is 22.4 Å². The molecule has 1 aromatic rings. The lowest BCUT2D eigenvalue weighted by Crippen LogP contribution is -2.42. The molecule has 0 aromatic heterocycles. The number of carbonyl (C=O) groups is 1. The molecule has 126 valence electrons. The fraction of sp³-hybridized carbons (Fsp3) is 0.533. The third kappa shape index (κ3) is 3.55. The molecular formula is C15H21N3O4S. The van der Waals surface area contributed by atoms with Gasteiger partial charge >= 0.3 is 0 Å². The zero-order valence-electron chi connectivity index (χ0n) is 12.8. The van der Waals surface area contributed by atoms with Gasteiger partial charge in [0.25, 0.3) is 5.91 Å². The van der Waals surface area contributed by atoms with E-state index in [4.69, 9.17) is 4.74 Å². The quantitative estimate of drug-likeness (QED) is 0.793. The second-order valence-electron chi connectivity index (χ2n) is 5.68. The molecule has 2 aliphatic heterocycles. The zero-order chi connectivity index (χ0) is 16.3. The van der Waals surface area contributed by atoms with E-state index in [1.54, 1.807) is 18.2 Å². The molecular weight excluding hydrogens is 318 g/mol. The Bertz CT molecular complexity index is 665. The van der Waals surface area contributed by atoms with E-state index in [0.717, 1.165) is 13.0 Å². The molecule has 2 aliphatic rings. The summed E-state index contributed by atoms with van der Waals surface area (Å²) in [5.74, 6) is -0.342. The standard InChI is InChI=1S/C15H21N3O4S/c19-15(17-12-5-6-16-11-12)13-3-1-2-4-14(13)23(20,21)18-7-9-22-10-8-18/h1-4,12,16H,5-11H2,(H,17,19). The molecule has 2 fully saturated rings. The highest BCUT2D eigenvalue weighted by Crippen LogP contribution is 2.21. The highest BCUT2D eigenvalue weighted by atomic mass is 32.2. The normalized spacial score (nSPS) is 22.9. The Hall–Kier alpha value is -1.48. The number of benzene rings is 1. The van der Waals surface area contributed by atoms with Crippen LogP contribution in [0.4, 0.5) is 0 Å². The van der Waals surface area contributed by atoms with Crippen molar-refractivity contribution in [2.45, 2.75) is 17.4 Å². The van der Waals surface area contributed by atoms with Crippen molar-refractivity contribution in [2.75, 3.05) is 39.4 Å². The number of morpholine rings is 1. The van der Waals surface area contributed by atoms with Crippen LogP contribution in [0, 0.1) is 0 Å². The molecule has 23 heavy (non-hydrogen) atoms. The van der Waals surface area contributed by atoms with Gasteiger partial charge in [-0.15, -0.1) is 0 Å². The second-order valence-corrected chi connectivity index (χ2v) is 7.58. The first kappa shape index (κ1) is 16.4. The molecule has 0 radical (unpaired) electrons. The Labute approximate surface area is 136 Å². The molecule has 8 heteroatoms. The summed E-state index contributed by atoms with van der Waals surface area (Å²) < 4.78 is 32.2. The van der Waals surface area contributed by atoms with Crippen LogP contribution in [-0.4, -0.2) is 64.1 Å². The number of amides is 1. The van der Waals surface area contributed by atoms with E-state index in [1.165, 1.54) is 10.4 Å². The van der Waals surface area contributed by atoms with Crippen LogP contribution in [0.5, 0.6) is 0 Å². The van der Waals surface area contributed by atoms with Gasteiger partial charge in [0.15, 0.2) is 0 Å². The number of nitrogens with zero attached hydrogens (tertiary/aromatic N) is 1. The van der Waals surface area contributed by atoms with Crippen LogP contribution in [0.25, 0.3) is 0 Å². The monoisotopic (exact) mass is 339 g/mol. The minimum Gasteiger partial charge on any atom is -0.379 e. The maximum Gasteiger partial charge on any atom is 0.252 e. The highest BCUT2D eigenvalue weighted by Gasteiger charge is 2.30. The van der Waals surface area contributed by atoms with Gasteiger partial charge in [-0.1, -0.05) is 12.1 Å². The molecule has 7 nitrogen and oxygen atoms in total. The summed E-state index contributed by atoms with van der Waals surface area (Å²) >= 11 is 0. The van der Waals surface area contributed by atoms with Gasteiger partial charge in [0.2, 0.25) is 10.0 Å². The average Bonchev–Trinajstić information content (AvgIpc) is 3.08. The largest absolute Gasteiger partial charge is 0.379 e. The van der Waals surface area contributed by atoms with Crippen molar-refractivity contribution in [2.24, 2.45) is 0 Å². The number of rotatable bonds is 4. The molecule has 3 rings (SSSR count). The topological polar surface area (TPSA) is 87.7 Å². The van der Waals surface area contributed by atoms with E-state index < -0.39 is 10.0 Å². The summed E-state index contributed by atoms with van der Waals surface area (Å²) in [6, 6.07) is 6.42. The molecule has 1 atom stereocenters. The van der Waals surface area contributed by atoms with Gasteiger partial charge in [-0.05, 0) is 25.1 Å². The van der Waals surface area contributed by atoms with E-state index in [2.05, 4.69) is 10.6 Å². The molecule has 0 saturated carbocycles. The summed E-state index contributed by atoms with van der Waals surface area (Å²) in [6.07, 6.45) is 0.851. The number of carbonyl (C=O) groups excluding carboxylic acids is 1. The highest BCUT2D eigenvalue weighted by molar-refractivity contribution is 7.89. The first-order valence-corrected chi connectivity index (χ1v) is 9.21. The molecule has 1 amide bonds. The lowest BCUT2D eigenvalue weighted by Gasteiger charge is -2.27. The lowest BCUT2D eigenvalue weighted by atomic mass is 10.2. The van der Waals surface area contributed by atoms with Crippen LogP contribution in [0.1, 0.15) is 16.8 Å². The molecule has 2 heterocycles. The molecule has 1 unspecified atom stereocenters. The van der Waals surface area contributed by atoms with Gasteiger partial charge in [0.05, 0.1) is 23.7 Å². The molecule has 2 N–H and O–H groups in total. The summed E-state index contributed by atoms with van der Waals surface area (Å²) in [6.45, 7) is 2.95. The second kappa shape index (κ2) is 6.96. The lowest BCUT2D eigenvalue weighted by molar-refractivity contribution is 0.0729. The Morgan fingerprint density at radius 1 is 1.26 bits per heavy atom. The van der Waals surface area contributed by atoms with Gasteiger partial charge < -0.3 is 15.4 Å². The van der Waals surface area contributed by atoms with E-state index >= 15 is 0 Å². The number of hydrogen-bond donors (Lipinski definition) is 2. The minimum absolute atomic E-state index is 0.0432. The summed E-state index contributed by atoms with van der Waals surface area (Å²) in [5, 5.41) is 6.07. The Morgan fingerprint density at radius 2 is 2.00 bits per heavy atom. The van der Waals surface area contributed by atoms with Crippen molar-refractivity contribution in [1.82, 2.24) is 14.9 Å². The van der Waals surface area contributed by atoms with Gasteiger partial charge in [-0.2, -0.15) is 4.31 Å². The third-order valence-corrected chi connectivity index (χ3v) is 6.07. The number of hydrogen-bond acceptors (Lipinski definition) is 5. The Balaban J connectivity index is 1.86. The van der Waals surface area contributed by atoms with Crippen LogP contribution < -0.4 is 10.6 Å². The van der Waals surface area contributed by atoms with Crippen molar-refractivity contribution < 1.29 is 17.9 Å². The van der Waals surface area contributed by atoms with Gasteiger partial charge in [0, 0.05) is 25.7 Å². The van der Waals surface area contributed by atoms with Gasteiger partial charge in [-0.3, -0.25) is 4.79 Å². The Kier molecular flexibility index (Phi) is 4.96. The molecule has 0 bridgehead atoms. The van der Waals surface area contributed by atoms with Gasteiger partial charge in [-0.25, -0.2) is 8.42 Å². The van der Waals surface area contributed by atoms with Gasteiger partial charge in [0.1, 0.15) is 0 Å². The van der Waals surface area contributed by atoms with Crippen LogP contribution >= 0.6 is 0 Å². The molecule has 0 spiro atoms. The average molecular weight is 339 g/mol. The number of ether oxygens (including phenoxy) is 1. The van der Waals surface area contributed by atoms with Crippen molar-refractivity contribution in [3.8, 4) is 0 Å². The molecule has 2 saturated heterocycles. The van der Waals surface area contributed by atoms with Crippen LogP contribution in [0.15, 0.2) is 29.2 Å². The molecule has 0 aliphatic carbocycles. The Morgan fingerprint density at radius 3 is 2.70 bits per heavy atom. The van der Waals surface area contributed by atoms with E-state index in [9.17, 15) is 13.2 Å². The van der Waals surface area contributed by atoms with Crippen molar-refractivity contribution in [3.63, 3.8) is 0 Å². The summed E-state index contributed by atoms with van der Waals surface area (Å²) in [5.41, 5.74) is 0.200. The predicted octanol–water partition coefficient (Wildman–Crippen LogP) is -0.201. The van der Waals surface area contributed by atoms with Crippen molar-refractivity contribution in [3.05, 3.63) is 29.8 Å². The first-order chi connectivity index (χ1) is 11.1. The van der Waals surface area contributed by atoms with Crippen LogP contribution in [0.2, 0.25) is 0 Å². The van der Waals surface area contributed by atoms with Crippen LogP contribution in [-0.2, 0) is 14.8 Å². The third-order valence-electron chi connectivity index (χ3n) is 4.12. The maximum atomic E-state index is 12.8.